The fourth-order valence-electron chi connectivity index (χ4n) is 4.07. The summed E-state index contributed by atoms with van der Waals surface area (Å²) in [5, 5.41) is 10.7. The van der Waals surface area contributed by atoms with Crippen molar-refractivity contribution in [2.75, 3.05) is 0 Å². The Balaban J connectivity index is 1.85. The first-order chi connectivity index (χ1) is 11.2. The quantitative estimate of drug-likeness (QED) is 0.318. The van der Waals surface area contributed by atoms with E-state index < -0.39 is 11.7 Å². The van der Waals surface area contributed by atoms with Crippen molar-refractivity contribution in [2.24, 2.45) is 5.92 Å². The average molecular weight is 334 g/mol. The molecule has 0 aromatic heterocycles. The van der Waals surface area contributed by atoms with Crippen molar-refractivity contribution in [1.82, 2.24) is 0 Å². The molecular formula is C20H30O4. The molecule has 2 saturated heterocycles. The van der Waals surface area contributed by atoms with Crippen molar-refractivity contribution < 1.29 is 19.4 Å². The lowest BCUT2D eigenvalue weighted by atomic mass is 9.82. The molecule has 0 aromatic carbocycles. The lowest BCUT2D eigenvalue weighted by Gasteiger charge is -2.33. The Hall–Kier alpha value is -1.13. The molecule has 4 nitrogen and oxygen atoms in total. The minimum absolute atomic E-state index is 0.0692. The maximum absolute atomic E-state index is 12.4. The van der Waals surface area contributed by atoms with E-state index >= 15 is 0 Å². The zero-order valence-electron chi connectivity index (χ0n) is 15.1. The third-order valence-corrected chi connectivity index (χ3v) is 6.25. The van der Waals surface area contributed by atoms with Crippen LogP contribution in [0.5, 0.6) is 0 Å². The van der Waals surface area contributed by atoms with Crippen LogP contribution in [0.2, 0.25) is 0 Å². The summed E-state index contributed by atoms with van der Waals surface area (Å²) < 4.78 is 11.7. The van der Waals surface area contributed by atoms with E-state index in [1.54, 1.807) is 0 Å². The standard InChI is InChI=1S/C20H30O4/c1-13-6-5-10-20(4)17(23-20)12-15-9-11-19(3,16(21)8-7-13)24-18(22)14(15)2/h6,15-17,21H,2,5,7-12H2,1,3-4H3/t15-,16+,17+,19-,20+/m1/s1. The smallest absolute Gasteiger partial charge is 0.334 e. The Labute approximate surface area is 144 Å². The van der Waals surface area contributed by atoms with Gasteiger partial charge in [0.15, 0.2) is 0 Å². The molecule has 1 aliphatic carbocycles. The van der Waals surface area contributed by atoms with Crippen molar-refractivity contribution in [3.8, 4) is 0 Å². The van der Waals surface area contributed by atoms with E-state index in [-0.39, 0.29) is 23.6 Å². The number of carbonyl (C=O) groups is 1. The second-order valence-electron chi connectivity index (χ2n) is 8.26. The summed E-state index contributed by atoms with van der Waals surface area (Å²) in [6.07, 6.45) is 7.51. The van der Waals surface area contributed by atoms with Gasteiger partial charge in [0.05, 0.1) is 17.8 Å². The topological polar surface area (TPSA) is 59.1 Å². The molecule has 4 heteroatoms. The van der Waals surface area contributed by atoms with Crippen molar-refractivity contribution >= 4 is 5.97 Å². The normalized spacial score (nSPS) is 44.0. The predicted molar refractivity (Wildman–Crippen MR) is 92.5 cm³/mol. The molecule has 3 rings (SSSR count). The van der Waals surface area contributed by atoms with Crippen LogP contribution in [0.1, 0.15) is 65.7 Å². The Morgan fingerprint density at radius 2 is 2.00 bits per heavy atom. The second kappa shape index (κ2) is 6.30. The van der Waals surface area contributed by atoms with Gasteiger partial charge in [0.25, 0.3) is 0 Å². The van der Waals surface area contributed by atoms with Crippen LogP contribution < -0.4 is 0 Å². The minimum atomic E-state index is -0.827. The van der Waals surface area contributed by atoms with Gasteiger partial charge in [-0.2, -0.15) is 0 Å². The van der Waals surface area contributed by atoms with Crippen molar-refractivity contribution in [3.05, 3.63) is 23.8 Å². The van der Waals surface area contributed by atoms with Crippen LogP contribution in [0.4, 0.5) is 0 Å². The first-order valence-electron chi connectivity index (χ1n) is 9.17. The Morgan fingerprint density at radius 1 is 1.25 bits per heavy atom. The Kier molecular flexibility index (Phi) is 4.65. The average Bonchev–Trinajstić information content (AvgIpc) is 3.18. The molecule has 0 radical (unpaired) electrons. The lowest BCUT2D eigenvalue weighted by molar-refractivity contribution is -0.165. The van der Waals surface area contributed by atoms with Gasteiger partial charge < -0.3 is 14.6 Å². The van der Waals surface area contributed by atoms with Gasteiger partial charge in [0.2, 0.25) is 0 Å². The van der Waals surface area contributed by atoms with Crippen LogP contribution in [0.25, 0.3) is 0 Å². The maximum atomic E-state index is 12.4. The highest BCUT2D eigenvalue weighted by molar-refractivity contribution is 5.89. The van der Waals surface area contributed by atoms with Crippen LogP contribution in [0, 0.1) is 5.92 Å². The van der Waals surface area contributed by atoms with Gasteiger partial charge in [-0.15, -0.1) is 0 Å². The molecule has 1 N–H and O–H groups in total. The highest BCUT2D eigenvalue weighted by Crippen LogP contribution is 2.47. The molecule has 3 aliphatic rings. The molecule has 2 bridgehead atoms. The summed E-state index contributed by atoms with van der Waals surface area (Å²) in [5.41, 5.74) is 0.915. The fraction of sp³-hybridized carbons (Fsp3) is 0.750. The van der Waals surface area contributed by atoms with Crippen LogP contribution in [-0.4, -0.2) is 34.5 Å². The second-order valence-corrected chi connectivity index (χ2v) is 8.26. The number of aliphatic hydroxyl groups excluding tert-OH is 1. The number of aliphatic hydroxyl groups is 1. The number of hydrogen-bond acceptors (Lipinski definition) is 4. The fourth-order valence-corrected chi connectivity index (χ4v) is 4.07. The van der Waals surface area contributed by atoms with Gasteiger partial charge in [0.1, 0.15) is 5.60 Å². The van der Waals surface area contributed by atoms with Crippen LogP contribution in [-0.2, 0) is 14.3 Å². The summed E-state index contributed by atoms with van der Waals surface area (Å²) in [6, 6.07) is 0. The summed E-state index contributed by atoms with van der Waals surface area (Å²) >= 11 is 0. The molecule has 5 atom stereocenters. The Morgan fingerprint density at radius 3 is 2.75 bits per heavy atom. The molecule has 24 heavy (non-hydrogen) atoms. The van der Waals surface area contributed by atoms with Crippen molar-refractivity contribution in [2.45, 2.75) is 89.1 Å². The molecule has 134 valence electrons. The number of ether oxygens (including phenoxy) is 2. The highest BCUT2D eigenvalue weighted by Gasteiger charge is 2.53. The van der Waals surface area contributed by atoms with Gasteiger partial charge in [-0.25, -0.2) is 4.79 Å². The summed E-state index contributed by atoms with van der Waals surface area (Å²) in [7, 11) is 0. The molecule has 2 heterocycles. The molecule has 0 spiro atoms. The number of esters is 1. The van der Waals surface area contributed by atoms with Crippen LogP contribution >= 0.6 is 0 Å². The van der Waals surface area contributed by atoms with Crippen molar-refractivity contribution in [3.63, 3.8) is 0 Å². The lowest BCUT2D eigenvalue weighted by Crippen LogP contribution is -2.43. The minimum Gasteiger partial charge on any atom is -0.453 e. The van der Waals surface area contributed by atoms with E-state index in [1.165, 1.54) is 5.57 Å². The van der Waals surface area contributed by atoms with E-state index in [9.17, 15) is 9.90 Å². The number of fused-ring (bicyclic) bond motifs is 4. The van der Waals surface area contributed by atoms with Crippen LogP contribution in [0.15, 0.2) is 23.8 Å². The predicted octanol–water partition coefficient (Wildman–Crippen LogP) is 3.68. The van der Waals surface area contributed by atoms with E-state index in [2.05, 4.69) is 26.5 Å². The van der Waals surface area contributed by atoms with Gasteiger partial charge >= 0.3 is 5.97 Å². The number of allylic oxidation sites excluding steroid dienone is 2. The third kappa shape index (κ3) is 3.45. The van der Waals surface area contributed by atoms with Crippen molar-refractivity contribution in [1.29, 1.82) is 0 Å². The zero-order valence-corrected chi connectivity index (χ0v) is 15.1. The molecule has 2 fully saturated rings. The third-order valence-electron chi connectivity index (χ3n) is 6.25. The number of hydrogen-bond donors (Lipinski definition) is 1. The molecule has 0 amide bonds. The number of epoxide rings is 1. The highest BCUT2D eigenvalue weighted by atomic mass is 16.6. The van der Waals surface area contributed by atoms with Gasteiger partial charge in [0, 0.05) is 5.57 Å². The van der Waals surface area contributed by atoms with E-state index in [4.69, 9.17) is 9.47 Å². The van der Waals surface area contributed by atoms with Gasteiger partial charge in [-0.05, 0) is 71.6 Å². The number of carbonyl (C=O) groups excluding carboxylic acids is 1. The molecule has 0 aromatic rings. The zero-order chi connectivity index (χ0) is 17.5. The summed E-state index contributed by atoms with van der Waals surface area (Å²) in [4.78, 5) is 12.4. The SMILES string of the molecule is C=C1C(=O)O[C@]2(C)CC[C@@H]1C[C@@H]1O[C@@]1(C)CCC=C(C)CC[C@@H]2O. The van der Waals surface area contributed by atoms with Crippen LogP contribution in [0.3, 0.4) is 0 Å². The first-order valence-corrected chi connectivity index (χ1v) is 9.17. The summed E-state index contributed by atoms with van der Waals surface area (Å²) in [5.74, 6) is -0.276. The van der Waals surface area contributed by atoms with E-state index in [1.807, 2.05) is 6.92 Å². The van der Waals surface area contributed by atoms with Gasteiger partial charge in [-0.1, -0.05) is 18.2 Å². The maximum Gasteiger partial charge on any atom is 0.334 e. The molecule has 0 unspecified atom stereocenters. The number of rotatable bonds is 0. The summed E-state index contributed by atoms with van der Waals surface area (Å²) in [6.45, 7) is 10.1. The monoisotopic (exact) mass is 334 g/mol. The Bertz CT molecular complexity index is 566. The van der Waals surface area contributed by atoms with Gasteiger partial charge in [-0.3, -0.25) is 0 Å². The van der Waals surface area contributed by atoms with E-state index in [0.29, 0.717) is 18.4 Å². The first kappa shape index (κ1) is 17.7. The largest absolute Gasteiger partial charge is 0.453 e. The molecular weight excluding hydrogens is 304 g/mol. The molecule has 0 saturated carbocycles. The molecule has 2 aliphatic heterocycles. The van der Waals surface area contributed by atoms with E-state index in [0.717, 1.165) is 32.1 Å².